The van der Waals surface area contributed by atoms with Crippen LogP contribution in [-0.4, -0.2) is 29.4 Å². The SMILES string of the molecule is CC(NCCO)C(O)c1cccs1. The lowest BCUT2D eigenvalue weighted by molar-refractivity contribution is 0.135. The predicted octanol–water partition coefficient (Wildman–Crippen LogP) is 0.752. The zero-order valence-corrected chi connectivity index (χ0v) is 8.42. The number of aliphatic hydroxyl groups is 2. The molecule has 3 nitrogen and oxygen atoms in total. The molecule has 0 spiro atoms. The summed E-state index contributed by atoms with van der Waals surface area (Å²) in [7, 11) is 0. The van der Waals surface area contributed by atoms with E-state index in [2.05, 4.69) is 5.32 Å². The van der Waals surface area contributed by atoms with Gasteiger partial charge in [-0.3, -0.25) is 0 Å². The first-order chi connectivity index (χ1) is 6.25. The highest BCUT2D eigenvalue weighted by atomic mass is 32.1. The van der Waals surface area contributed by atoms with E-state index in [9.17, 15) is 5.11 Å². The Morgan fingerprint density at radius 2 is 2.38 bits per heavy atom. The van der Waals surface area contributed by atoms with Crippen LogP contribution in [0.4, 0.5) is 0 Å². The summed E-state index contributed by atoms with van der Waals surface area (Å²) < 4.78 is 0. The van der Waals surface area contributed by atoms with Gasteiger partial charge < -0.3 is 15.5 Å². The molecule has 0 fully saturated rings. The third-order valence-corrected chi connectivity index (χ3v) is 2.83. The molecule has 0 aliphatic heterocycles. The largest absolute Gasteiger partial charge is 0.395 e. The van der Waals surface area contributed by atoms with Crippen LogP contribution in [0.1, 0.15) is 17.9 Å². The zero-order chi connectivity index (χ0) is 9.68. The van der Waals surface area contributed by atoms with Gasteiger partial charge in [-0.1, -0.05) is 6.07 Å². The summed E-state index contributed by atoms with van der Waals surface area (Å²) in [6.45, 7) is 2.52. The maximum atomic E-state index is 9.77. The van der Waals surface area contributed by atoms with Crippen LogP contribution in [0.2, 0.25) is 0 Å². The van der Waals surface area contributed by atoms with E-state index in [4.69, 9.17) is 5.11 Å². The minimum atomic E-state index is -0.480. The Morgan fingerprint density at radius 1 is 1.62 bits per heavy atom. The summed E-state index contributed by atoms with van der Waals surface area (Å²) in [4.78, 5) is 0.956. The molecule has 0 aliphatic rings. The lowest BCUT2D eigenvalue weighted by Crippen LogP contribution is -2.33. The van der Waals surface area contributed by atoms with E-state index in [0.29, 0.717) is 6.54 Å². The van der Waals surface area contributed by atoms with Crippen LogP contribution in [0.25, 0.3) is 0 Å². The number of hydrogen-bond donors (Lipinski definition) is 3. The Hall–Kier alpha value is -0.420. The van der Waals surface area contributed by atoms with Crippen molar-refractivity contribution < 1.29 is 10.2 Å². The molecule has 74 valence electrons. The summed E-state index contributed by atoms with van der Waals surface area (Å²) in [5.41, 5.74) is 0. The Balaban J connectivity index is 2.43. The summed E-state index contributed by atoms with van der Waals surface area (Å²) in [5.74, 6) is 0. The lowest BCUT2D eigenvalue weighted by Gasteiger charge is -2.18. The van der Waals surface area contributed by atoms with E-state index in [1.54, 1.807) is 11.3 Å². The molecular weight excluding hydrogens is 186 g/mol. The molecular formula is C9H15NO2S. The molecule has 0 aromatic carbocycles. The fraction of sp³-hybridized carbons (Fsp3) is 0.556. The van der Waals surface area contributed by atoms with Gasteiger partial charge in [-0.2, -0.15) is 0 Å². The van der Waals surface area contributed by atoms with Gasteiger partial charge in [0.1, 0.15) is 6.10 Å². The number of rotatable bonds is 5. The molecule has 0 bridgehead atoms. The molecule has 2 atom stereocenters. The van der Waals surface area contributed by atoms with Gasteiger partial charge >= 0.3 is 0 Å². The third-order valence-electron chi connectivity index (χ3n) is 1.89. The molecule has 0 amide bonds. The Labute approximate surface area is 82.0 Å². The van der Waals surface area contributed by atoms with Crippen molar-refractivity contribution in [2.75, 3.05) is 13.2 Å². The standard InChI is InChI=1S/C9H15NO2S/c1-7(10-4-5-11)9(12)8-3-2-6-13-8/h2-3,6-7,9-12H,4-5H2,1H3. The van der Waals surface area contributed by atoms with Crippen molar-refractivity contribution in [1.29, 1.82) is 0 Å². The van der Waals surface area contributed by atoms with Crippen LogP contribution in [0.15, 0.2) is 17.5 Å². The fourth-order valence-electron chi connectivity index (χ4n) is 1.11. The smallest absolute Gasteiger partial charge is 0.103 e. The van der Waals surface area contributed by atoms with Crippen molar-refractivity contribution in [1.82, 2.24) is 5.32 Å². The van der Waals surface area contributed by atoms with Gasteiger partial charge in [0.2, 0.25) is 0 Å². The van der Waals surface area contributed by atoms with Crippen molar-refractivity contribution in [2.45, 2.75) is 19.1 Å². The molecule has 0 radical (unpaired) electrons. The average molecular weight is 201 g/mol. The molecule has 3 N–H and O–H groups in total. The van der Waals surface area contributed by atoms with Gasteiger partial charge in [0.25, 0.3) is 0 Å². The van der Waals surface area contributed by atoms with Crippen molar-refractivity contribution in [3.8, 4) is 0 Å². The number of thiophene rings is 1. The zero-order valence-electron chi connectivity index (χ0n) is 7.60. The topological polar surface area (TPSA) is 52.5 Å². The second kappa shape index (κ2) is 5.34. The van der Waals surface area contributed by atoms with Crippen LogP contribution in [0, 0.1) is 0 Å². The number of nitrogens with one attached hydrogen (secondary N) is 1. The third kappa shape index (κ3) is 3.08. The molecule has 13 heavy (non-hydrogen) atoms. The Bertz CT molecular complexity index is 226. The first-order valence-corrected chi connectivity index (χ1v) is 5.19. The van der Waals surface area contributed by atoms with Gasteiger partial charge in [-0.05, 0) is 18.4 Å². The van der Waals surface area contributed by atoms with E-state index in [0.717, 1.165) is 4.88 Å². The van der Waals surface area contributed by atoms with Crippen molar-refractivity contribution in [3.63, 3.8) is 0 Å². The first kappa shape index (κ1) is 10.7. The number of hydrogen-bond acceptors (Lipinski definition) is 4. The molecule has 4 heteroatoms. The van der Waals surface area contributed by atoms with Crippen LogP contribution in [0.5, 0.6) is 0 Å². The highest BCUT2D eigenvalue weighted by Gasteiger charge is 2.15. The van der Waals surface area contributed by atoms with Gasteiger partial charge in [-0.15, -0.1) is 11.3 Å². The molecule has 2 unspecified atom stereocenters. The van der Waals surface area contributed by atoms with E-state index in [-0.39, 0.29) is 12.6 Å². The quantitative estimate of drug-likeness (QED) is 0.659. The minimum Gasteiger partial charge on any atom is -0.395 e. The minimum absolute atomic E-state index is 0.0224. The molecule has 0 saturated heterocycles. The Kier molecular flexibility index (Phi) is 4.38. The average Bonchev–Trinajstić information content (AvgIpc) is 2.65. The number of aliphatic hydroxyl groups excluding tert-OH is 2. The van der Waals surface area contributed by atoms with Crippen LogP contribution >= 0.6 is 11.3 Å². The Morgan fingerprint density at radius 3 is 2.92 bits per heavy atom. The predicted molar refractivity (Wildman–Crippen MR) is 53.8 cm³/mol. The molecule has 1 aromatic heterocycles. The maximum absolute atomic E-state index is 9.77. The van der Waals surface area contributed by atoms with Gasteiger partial charge in [0, 0.05) is 17.5 Å². The lowest BCUT2D eigenvalue weighted by atomic mass is 10.1. The summed E-state index contributed by atoms with van der Waals surface area (Å²) >= 11 is 1.54. The van der Waals surface area contributed by atoms with Gasteiger partial charge in [0.15, 0.2) is 0 Å². The maximum Gasteiger partial charge on any atom is 0.103 e. The summed E-state index contributed by atoms with van der Waals surface area (Å²) in [6.07, 6.45) is -0.480. The van der Waals surface area contributed by atoms with Crippen LogP contribution in [-0.2, 0) is 0 Å². The molecule has 0 aliphatic carbocycles. The monoisotopic (exact) mass is 201 g/mol. The molecule has 1 rings (SSSR count). The van der Waals surface area contributed by atoms with Crippen LogP contribution < -0.4 is 5.32 Å². The van der Waals surface area contributed by atoms with Crippen molar-refractivity contribution in [3.05, 3.63) is 22.4 Å². The molecule has 0 saturated carbocycles. The van der Waals surface area contributed by atoms with Crippen molar-refractivity contribution in [2.24, 2.45) is 0 Å². The van der Waals surface area contributed by atoms with E-state index in [1.165, 1.54) is 0 Å². The highest BCUT2D eigenvalue weighted by molar-refractivity contribution is 7.10. The van der Waals surface area contributed by atoms with Gasteiger partial charge in [-0.25, -0.2) is 0 Å². The summed E-state index contributed by atoms with van der Waals surface area (Å²) in [6, 6.07) is 3.81. The second-order valence-corrected chi connectivity index (χ2v) is 3.91. The highest BCUT2D eigenvalue weighted by Crippen LogP contribution is 2.21. The van der Waals surface area contributed by atoms with E-state index < -0.39 is 6.10 Å². The van der Waals surface area contributed by atoms with Crippen LogP contribution in [0.3, 0.4) is 0 Å². The van der Waals surface area contributed by atoms with E-state index in [1.807, 2.05) is 24.4 Å². The normalized spacial score (nSPS) is 15.6. The molecule has 1 heterocycles. The second-order valence-electron chi connectivity index (χ2n) is 2.93. The summed E-state index contributed by atoms with van der Waals surface area (Å²) in [5, 5.41) is 23.3. The van der Waals surface area contributed by atoms with Crippen molar-refractivity contribution >= 4 is 11.3 Å². The van der Waals surface area contributed by atoms with Gasteiger partial charge in [0.05, 0.1) is 6.61 Å². The first-order valence-electron chi connectivity index (χ1n) is 4.31. The van der Waals surface area contributed by atoms with E-state index >= 15 is 0 Å². The fourth-order valence-corrected chi connectivity index (χ4v) is 1.92. The molecule has 1 aromatic rings.